The van der Waals surface area contributed by atoms with Gasteiger partial charge in [-0.3, -0.25) is 9.78 Å². The van der Waals surface area contributed by atoms with Crippen LogP contribution in [-0.4, -0.2) is 40.9 Å². The van der Waals surface area contributed by atoms with Crippen LogP contribution in [0.4, 0.5) is 0 Å². The van der Waals surface area contributed by atoms with E-state index in [1.165, 1.54) is 4.31 Å². The van der Waals surface area contributed by atoms with E-state index in [0.717, 1.165) is 11.8 Å². The molecule has 2 bridgehead atoms. The normalized spacial score (nSPS) is 27.6. The number of hydrogen-bond acceptors (Lipinski definition) is 4. The highest BCUT2D eigenvalue weighted by atomic mass is 32.2. The van der Waals surface area contributed by atoms with Gasteiger partial charge in [0, 0.05) is 23.7 Å². The van der Waals surface area contributed by atoms with Crippen LogP contribution in [0.1, 0.15) is 19.3 Å². The Kier molecular flexibility index (Phi) is 3.18. The molecule has 1 aromatic heterocycles. The minimum Gasteiger partial charge on any atom is -0.481 e. The Morgan fingerprint density at radius 2 is 2.00 bits per heavy atom. The van der Waals surface area contributed by atoms with Crippen LogP contribution in [0.5, 0.6) is 0 Å². The third kappa shape index (κ3) is 2.07. The van der Waals surface area contributed by atoms with Crippen molar-refractivity contribution in [2.75, 3.05) is 0 Å². The molecule has 4 rings (SSSR count). The second-order valence-electron chi connectivity index (χ2n) is 6.15. The van der Waals surface area contributed by atoms with Gasteiger partial charge < -0.3 is 5.11 Å². The minimum atomic E-state index is -3.76. The molecule has 3 unspecified atom stereocenters. The summed E-state index contributed by atoms with van der Waals surface area (Å²) in [6.07, 6.45) is 3.31. The minimum absolute atomic E-state index is 0.165. The van der Waals surface area contributed by atoms with Crippen molar-refractivity contribution in [1.82, 2.24) is 9.29 Å². The average molecular weight is 332 g/mol. The van der Waals surface area contributed by atoms with E-state index >= 15 is 0 Å². The van der Waals surface area contributed by atoms with Crippen LogP contribution < -0.4 is 0 Å². The molecule has 2 aliphatic rings. The van der Waals surface area contributed by atoms with E-state index in [2.05, 4.69) is 4.98 Å². The van der Waals surface area contributed by atoms with Crippen molar-refractivity contribution in [3.05, 3.63) is 36.5 Å². The number of aliphatic carboxylic acids is 1. The molecule has 0 aliphatic carbocycles. The van der Waals surface area contributed by atoms with Crippen molar-refractivity contribution in [2.24, 2.45) is 5.92 Å². The Morgan fingerprint density at radius 3 is 2.74 bits per heavy atom. The van der Waals surface area contributed by atoms with E-state index < -0.39 is 28.0 Å². The predicted octanol–water partition coefficient (Wildman–Crippen LogP) is 1.86. The number of carboxylic acid groups (broad SMARTS) is 1. The number of rotatable bonds is 3. The Morgan fingerprint density at radius 1 is 1.22 bits per heavy atom. The maximum Gasteiger partial charge on any atom is 0.308 e. The summed E-state index contributed by atoms with van der Waals surface area (Å²) in [5, 5.41) is 10.1. The molecule has 7 heteroatoms. The molecule has 1 N–H and O–H groups in total. The van der Waals surface area contributed by atoms with Crippen molar-refractivity contribution in [3.63, 3.8) is 0 Å². The molecular weight excluding hydrogens is 316 g/mol. The molecule has 0 radical (unpaired) electrons. The Labute approximate surface area is 133 Å². The smallest absolute Gasteiger partial charge is 0.308 e. The fourth-order valence-corrected chi connectivity index (χ4v) is 6.06. The maximum absolute atomic E-state index is 13.2. The van der Waals surface area contributed by atoms with Crippen LogP contribution in [0.3, 0.4) is 0 Å². The van der Waals surface area contributed by atoms with Gasteiger partial charge in [-0.05, 0) is 31.4 Å². The van der Waals surface area contributed by atoms with Gasteiger partial charge in [0.15, 0.2) is 0 Å². The lowest BCUT2D eigenvalue weighted by Gasteiger charge is -2.23. The summed E-state index contributed by atoms with van der Waals surface area (Å²) in [4.78, 5) is 15.8. The number of carbonyl (C=O) groups is 1. The Bertz CT molecular complexity index is 891. The lowest BCUT2D eigenvalue weighted by atomic mass is 9.89. The van der Waals surface area contributed by atoms with Crippen LogP contribution in [0.2, 0.25) is 0 Å². The standard InChI is InChI=1S/C16H16N2O4S/c19-16(20)12-9-11-6-7-13(12)18(11)23(21,22)14-5-1-3-10-4-2-8-17-15(10)14/h1-5,8,11-13H,6-7,9H2,(H,19,20). The highest BCUT2D eigenvalue weighted by Crippen LogP contribution is 2.45. The van der Waals surface area contributed by atoms with Crippen LogP contribution in [0.25, 0.3) is 10.9 Å². The van der Waals surface area contributed by atoms with Gasteiger partial charge in [0.1, 0.15) is 4.90 Å². The van der Waals surface area contributed by atoms with Crippen LogP contribution in [-0.2, 0) is 14.8 Å². The first-order chi connectivity index (χ1) is 11.0. The molecular formula is C16H16N2O4S. The molecule has 0 saturated carbocycles. The summed E-state index contributed by atoms with van der Waals surface area (Å²) in [6.45, 7) is 0. The van der Waals surface area contributed by atoms with Crippen LogP contribution in [0, 0.1) is 5.92 Å². The topological polar surface area (TPSA) is 87.6 Å². The zero-order chi connectivity index (χ0) is 16.2. The fourth-order valence-electron chi connectivity index (χ4n) is 3.98. The average Bonchev–Trinajstić information content (AvgIpc) is 3.13. The lowest BCUT2D eigenvalue weighted by molar-refractivity contribution is -0.142. The molecule has 2 fully saturated rings. The highest BCUT2D eigenvalue weighted by Gasteiger charge is 2.54. The molecule has 0 spiro atoms. The summed E-state index contributed by atoms with van der Waals surface area (Å²) in [5.41, 5.74) is 0.438. The van der Waals surface area contributed by atoms with Gasteiger partial charge in [-0.15, -0.1) is 0 Å². The molecule has 1 aromatic carbocycles. The number of sulfonamides is 1. The molecule has 23 heavy (non-hydrogen) atoms. The molecule has 120 valence electrons. The number of pyridine rings is 1. The number of fused-ring (bicyclic) bond motifs is 3. The molecule has 6 nitrogen and oxygen atoms in total. The van der Waals surface area contributed by atoms with E-state index in [0.29, 0.717) is 18.4 Å². The van der Waals surface area contributed by atoms with E-state index in [4.69, 9.17) is 0 Å². The quantitative estimate of drug-likeness (QED) is 0.927. The van der Waals surface area contributed by atoms with Gasteiger partial charge in [-0.2, -0.15) is 4.31 Å². The van der Waals surface area contributed by atoms with Gasteiger partial charge in [-0.1, -0.05) is 18.2 Å². The van der Waals surface area contributed by atoms with Gasteiger partial charge >= 0.3 is 5.97 Å². The number of hydrogen-bond donors (Lipinski definition) is 1. The van der Waals surface area contributed by atoms with E-state index in [1.54, 1.807) is 24.4 Å². The van der Waals surface area contributed by atoms with Crippen molar-refractivity contribution in [2.45, 2.75) is 36.2 Å². The second-order valence-corrected chi connectivity index (χ2v) is 7.96. The van der Waals surface area contributed by atoms with Gasteiger partial charge in [0.05, 0.1) is 11.4 Å². The summed E-state index contributed by atoms with van der Waals surface area (Å²) < 4.78 is 27.8. The number of para-hydroxylation sites is 1. The highest BCUT2D eigenvalue weighted by molar-refractivity contribution is 7.89. The van der Waals surface area contributed by atoms with Gasteiger partial charge in [-0.25, -0.2) is 8.42 Å². The first kappa shape index (κ1) is 14.6. The second kappa shape index (κ2) is 5.01. The molecule has 0 amide bonds. The van der Waals surface area contributed by atoms with E-state index in [-0.39, 0.29) is 10.9 Å². The zero-order valence-electron chi connectivity index (χ0n) is 12.3. The lowest BCUT2D eigenvalue weighted by Crippen LogP contribution is -2.38. The van der Waals surface area contributed by atoms with Gasteiger partial charge in [0.2, 0.25) is 10.0 Å². The number of nitrogens with zero attached hydrogens (tertiary/aromatic N) is 2. The van der Waals surface area contributed by atoms with E-state index in [9.17, 15) is 18.3 Å². The Hall–Kier alpha value is -1.99. The maximum atomic E-state index is 13.2. The molecule has 3 atom stereocenters. The van der Waals surface area contributed by atoms with Crippen molar-refractivity contribution < 1.29 is 18.3 Å². The SMILES string of the molecule is O=C(O)C1CC2CCC1N2S(=O)(=O)c1cccc2cccnc12. The summed E-state index contributed by atoms with van der Waals surface area (Å²) in [7, 11) is -3.76. The summed E-state index contributed by atoms with van der Waals surface area (Å²) in [6, 6.07) is 7.99. The Balaban J connectivity index is 1.84. The van der Waals surface area contributed by atoms with Crippen LogP contribution in [0.15, 0.2) is 41.4 Å². The van der Waals surface area contributed by atoms with Crippen LogP contribution >= 0.6 is 0 Å². The third-order valence-corrected chi connectivity index (χ3v) is 6.95. The monoisotopic (exact) mass is 332 g/mol. The molecule has 2 aliphatic heterocycles. The number of aromatic nitrogens is 1. The van der Waals surface area contributed by atoms with Crippen molar-refractivity contribution in [3.8, 4) is 0 Å². The number of benzene rings is 1. The van der Waals surface area contributed by atoms with Crippen molar-refractivity contribution >= 4 is 26.9 Å². The third-order valence-electron chi connectivity index (χ3n) is 4.94. The van der Waals surface area contributed by atoms with Gasteiger partial charge in [0.25, 0.3) is 0 Å². The molecule has 3 heterocycles. The van der Waals surface area contributed by atoms with Crippen molar-refractivity contribution in [1.29, 1.82) is 0 Å². The zero-order valence-corrected chi connectivity index (χ0v) is 13.1. The molecule has 2 aromatic rings. The van der Waals surface area contributed by atoms with E-state index in [1.807, 2.05) is 12.1 Å². The first-order valence-corrected chi connectivity index (χ1v) is 9.04. The largest absolute Gasteiger partial charge is 0.481 e. The molecule has 2 saturated heterocycles. The summed E-state index contributed by atoms with van der Waals surface area (Å²) >= 11 is 0. The fraction of sp³-hybridized carbons (Fsp3) is 0.375. The predicted molar refractivity (Wildman–Crippen MR) is 83.3 cm³/mol. The summed E-state index contributed by atoms with van der Waals surface area (Å²) in [5.74, 6) is -1.51. The number of carboxylic acids is 1. The first-order valence-electron chi connectivity index (χ1n) is 7.60.